The van der Waals surface area contributed by atoms with E-state index in [1.54, 1.807) is 0 Å². The van der Waals surface area contributed by atoms with Crippen LogP contribution in [-0.4, -0.2) is 24.6 Å². The van der Waals surface area contributed by atoms with Gasteiger partial charge in [-0.05, 0) is 42.4 Å². The first-order valence-corrected chi connectivity index (χ1v) is 7.18. The Balaban J connectivity index is 2.07. The van der Waals surface area contributed by atoms with Crippen molar-refractivity contribution in [3.8, 4) is 0 Å². The molecule has 0 atom stereocenters. The molecule has 0 amide bonds. The van der Waals surface area contributed by atoms with Crippen LogP contribution in [0.1, 0.15) is 18.9 Å². The molecule has 0 saturated carbocycles. The second-order valence-electron chi connectivity index (χ2n) is 4.18. The maximum atomic E-state index is 5.83. The molecule has 2 N–H and O–H groups in total. The molecule has 0 unspecified atom stereocenters. The van der Waals surface area contributed by atoms with E-state index in [-0.39, 0.29) is 0 Å². The quantitative estimate of drug-likeness (QED) is 0.644. The fourth-order valence-corrected chi connectivity index (χ4v) is 2.88. The van der Waals surface area contributed by atoms with Crippen molar-refractivity contribution in [2.75, 3.05) is 35.2 Å². The first-order valence-electron chi connectivity index (χ1n) is 6.02. The molecule has 3 heteroatoms. The van der Waals surface area contributed by atoms with Crippen LogP contribution in [0.25, 0.3) is 0 Å². The highest BCUT2D eigenvalue weighted by atomic mass is 32.2. The largest absolute Gasteiger partial charge is 0.399 e. The number of hydrogen-bond donors (Lipinski definition) is 1. The van der Waals surface area contributed by atoms with Gasteiger partial charge in [-0.2, -0.15) is 11.8 Å². The third kappa shape index (κ3) is 2.64. The summed E-state index contributed by atoms with van der Waals surface area (Å²) in [5, 5.41) is 0. The molecule has 1 aromatic rings. The number of anilines is 2. The summed E-state index contributed by atoms with van der Waals surface area (Å²) in [4.78, 5) is 2.50. The van der Waals surface area contributed by atoms with Gasteiger partial charge in [0.1, 0.15) is 0 Å². The molecular formula is C13H20N2S. The van der Waals surface area contributed by atoms with E-state index >= 15 is 0 Å². The topological polar surface area (TPSA) is 29.3 Å². The lowest BCUT2D eigenvalue weighted by Gasteiger charge is -2.31. The van der Waals surface area contributed by atoms with Crippen LogP contribution in [0.5, 0.6) is 0 Å². The van der Waals surface area contributed by atoms with E-state index in [0.717, 1.165) is 12.2 Å². The zero-order valence-electron chi connectivity index (χ0n) is 9.91. The molecule has 0 fully saturated rings. The van der Waals surface area contributed by atoms with Crippen LogP contribution in [0.2, 0.25) is 0 Å². The van der Waals surface area contributed by atoms with Gasteiger partial charge in [0.2, 0.25) is 0 Å². The SMILES string of the molecule is CCSCCN1CCCc2cc(N)ccc21. The van der Waals surface area contributed by atoms with E-state index in [2.05, 4.69) is 24.0 Å². The van der Waals surface area contributed by atoms with Gasteiger partial charge < -0.3 is 10.6 Å². The molecule has 88 valence electrons. The maximum Gasteiger partial charge on any atom is 0.0400 e. The molecule has 0 spiro atoms. The van der Waals surface area contributed by atoms with Crippen LogP contribution < -0.4 is 10.6 Å². The van der Waals surface area contributed by atoms with Crippen molar-refractivity contribution in [3.05, 3.63) is 23.8 Å². The standard InChI is InChI=1S/C13H20N2S/c1-2-16-9-8-15-7-3-4-11-10-12(14)5-6-13(11)15/h5-6,10H,2-4,7-9,14H2,1H3. The van der Waals surface area contributed by atoms with Gasteiger partial charge >= 0.3 is 0 Å². The third-order valence-electron chi connectivity index (χ3n) is 3.03. The fraction of sp³-hybridized carbons (Fsp3) is 0.538. The lowest BCUT2D eigenvalue weighted by molar-refractivity contribution is 0.710. The lowest BCUT2D eigenvalue weighted by atomic mass is 10.0. The van der Waals surface area contributed by atoms with Gasteiger partial charge in [-0.3, -0.25) is 0 Å². The first-order chi connectivity index (χ1) is 7.81. The van der Waals surface area contributed by atoms with Gasteiger partial charge in [0, 0.05) is 30.2 Å². The van der Waals surface area contributed by atoms with E-state index in [9.17, 15) is 0 Å². The number of nitrogens with two attached hydrogens (primary N) is 1. The molecule has 2 rings (SSSR count). The molecule has 0 bridgehead atoms. The molecule has 16 heavy (non-hydrogen) atoms. The van der Waals surface area contributed by atoms with Gasteiger partial charge in [-0.1, -0.05) is 6.92 Å². The fourth-order valence-electron chi connectivity index (χ4n) is 2.25. The average molecular weight is 236 g/mol. The van der Waals surface area contributed by atoms with E-state index < -0.39 is 0 Å². The predicted octanol–water partition coefficient (Wildman–Crippen LogP) is 2.77. The summed E-state index contributed by atoms with van der Waals surface area (Å²) < 4.78 is 0. The molecule has 0 aromatic heterocycles. The Kier molecular flexibility index (Phi) is 3.99. The number of hydrogen-bond acceptors (Lipinski definition) is 3. The van der Waals surface area contributed by atoms with Crippen molar-refractivity contribution in [1.82, 2.24) is 0 Å². The Morgan fingerprint density at radius 3 is 3.12 bits per heavy atom. The third-order valence-corrected chi connectivity index (χ3v) is 3.91. The number of aryl methyl sites for hydroxylation is 1. The summed E-state index contributed by atoms with van der Waals surface area (Å²) in [6.07, 6.45) is 2.44. The van der Waals surface area contributed by atoms with Crippen LogP contribution in [0.4, 0.5) is 11.4 Å². The molecule has 1 aliphatic heterocycles. The number of benzene rings is 1. The number of thioether (sulfide) groups is 1. The van der Waals surface area contributed by atoms with Gasteiger partial charge in [0.15, 0.2) is 0 Å². The Bertz CT molecular complexity index is 352. The van der Waals surface area contributed by atoms with Crippen molar-refractivity contribution in [3.63, 3.8) is 0 Å². The highest BCUT2D eigenvalue weighted by molar-refractivity contribution is 7.99. The Labute approximate surface area is 102 Å². The lowest BCUT2D eigenvalue weighted by Crippen LogP contribution is -2.31. The van der Waals surface area contributed by atoms with Crippen LogP contribution >= 0.6 is 11.8 Å². The van der Waals surface area contributed by atoms with Crippen LogP contribution in [0.15, 0.2) is 18.2 Å². The maximum absolute atomic E-state index is 5.83. The van der Waals surface area contributed by atoms with Crippen molar-refractivity contribution in [1.29, 1.82) is 0 Å². The van der Waals surface area contributed by atoms with E-state index in [4.69, 9.17) is 5.73 Å². The predicted molar refractivity (Wildman–Crippen MR) is 74.4 cm³/mol. The number of rotatable bonds is 4. The zero-order valence-corrected chi connectivity index (χ0v) is 10.7. The monoisotopic (exact) mass is 236 g/mol. The van der Waals surface area contributed by atoms with Crippen molar-refractivity contribution >= 4 is 23.1 Å². The van der Waals surface area contributed by atoms with Crippen LogP contribution in [0.3, 0.4) is 0 Å². The Morgan fingerprint density at radius 1 is 1.44 bits per heavy atom. The summed E-state index contributed by atoms with van der Waals surface area (Å²) in [7, 11) is 0. The summed E-state index contributed by atoms with van der Waals surface area (Å²) in [6.45, 7) is 4.58. The second-order valence-corrected chi connectivity index (χ2v) is 5.57. The molecule has 0 radical (unpaired) electrons. The Morgan fingerprint density at radius 2 is 2.31 bits per heavy atom. The van der Waals surface area contributed by atoms with Crippen molar-refractivity contribution < 1.29 is 0 Å². The number of nitrogens with zero attached hydrogens (tertiary/aromatic N) is 1. The minimum atomic E-state index is 0.892. The summed E-state index contributed by atoms with van der Waals surface area (Å²) >= 11 is 2.01. The normalized spacial score (nSPS) is 14.9. The van der Waals surface area contributed by atoms with Crippen LogP contribution in [0, 0.1) is 0 Å². The molecule has 2 nitrogen and oxygen atoms in total. The zero-order chi connectivity index (χ0) is 11.4. The minimum Gasteiger partial charge on any atom is -0.399 e. The summed E-state index contributed by atoms with van der Waals surface area (Å²) in [5.74, 6) is 2.43. The minimum absolute atomic E-state index is 0.892. The molecule has 1 heterocycles. The van der Waals surface area contributed by atoms with Gasteiger partial charge in [0.25, 0.3) is 0 Å². The number of fused-ring (bicyclic) bond motifs is 1. The Hall–Kier alpha value is -0.830. The van der Waals surface area contributed by atoms with Crippen LogP contribution in [-0.2, 0) is 6.42 Å². The highest BCUT2D eigenvalue weighted by Crippen LogP contribution is 2.28. The molecule has 0 saturated heterocycles. The average Bonchev–Trinajstić information content (AvgIpc) is 2.29. The molecular weight excluding hydrogens is 216 g/mol. The van der Waals surface area contributed by atoms with E-state index in [0.29, 0.717) is 0 Å². The summed E-state index contributed by atoms with van der Waals surface area (Å²) in [6, 6.07) is 6.33. The van der Waals surface area contributed by atoms with E-state index in [1.165, 1.54) is 42.1 Å². The van der Waals surface area contributed by atoms with Gasteiger partial charge in [-0.15, -0.1) is 0 Å². The van der Waals surface area contributed by atoms with Gasteiger partial charge in [-0.25, -0.2) is 0 Å². The summed E-state index contributed by atoms with van der Waals surface area (Å²) in [5.41, 5.74) is 9.54. The molecule has 1 aromatic carbocycles. The van der Waals surface area contributed by atoms with E-state index in [1.807, 2.05) is 17.8 Å². The number of nitrogen functional groups attached to an aromatic ring is 1. The van der Waals surface area contributed by atoms with Crippen molar-refractivity contribution in [2.24, 2.45) is 0 Å². The second kappa shape index (κ2) is 5.48. The molecule has 1 aliphatic rings. The van der Waals surface area contributed by atoms with Gasteiger partial charge in [0.05, 0.1) is 0 Å². The molecule has 0 aliphatic carbocycles. The first kappa shape index (κ1) is 11.6. The smallest absolute Gasteiger partial charge is 0.0400 e. The highest BCUT2D eigenvalue weighted by Gasteiger charge is 2.16. The van der Waals surface area contributed by atoms with Crippen molar-refractivity contribution in [2.45, 2.75) is 19.8 Å².